The molecule has 5 nitrogen and oxygen atoms in total. The number of rotatable bonds is 4. The largest absolute Gasteiger partial charge is 0.409 e. The van der Waals surface area contributed by atoms with Gasteiger partial charge in [0.05, 0.1) is 17.3 Å². The molecule has 16 heavy (non-hydrogen) atoms. The van der Waals surface area contributed by atoms with Crippen LogP contribution in [0.5, 0.6) is 0 Å². The summed E-state index contributed by atoms with van der Waals surface area (Å²) in [5, 5.41) is 20.7. The number of nitrogens with zero attached hydrogens (tertiary/aromatic N) is 2. The van der Waals surface area contributed by atoms with Crippen molar-refractivity contribution in [1.29, 1.82) is 0 Å². The average molecular weight is 244 g/mol. The molecule has 88 valence electrons. The number of anilines is 1. The summed E-state index contributed by atoms with van der Waals surface area (Å²) in [5.74, 6) is 0.0123. The summed E-state index contributed by atoms with van der Waals surface area (Å²) in [5.41, 5.74) is 6.77. The lowest BCUT2D eigenvalue weighted by atomic mass is 10.2. The Hall–Kier alpha value is -1.46. The first-order valence-corrected chi connectivity index (χ1v) is 5.07. The van der Waals surface area contributed by atoms with Crippen molar-refractivity contribution in [2.75, 3.05) is 25.1 Å². The topological polar surface area (TPSA) is 82.1 Å². The highest BCUT2D eigenvalue weighted by Crippen LogP contribution is 2.25. The maximum Gasteiger partial charge on any atom is 0.170 e. The normalized spacial score (nSPS) is 11.6. The summed E-state index contributed by atoms with van der Waals surface area (Å²) >= 11 is 6.05. The number of hydrogen-bond acceptors (Lipinski definition) is 4. The highest BCUT2D eigenvalue weighted by atomic mass is 35.5. The van der Waals surface area contributed by atoms with Gasteiger partial charge < -0.3 is 20.9 Å². The van der Waals surface area contributed by atoms with E-state index in [9.17, 15) is 0 Å². The van der Waals surface area contributed by atoms with E-state index in [4.69, 9.17) is 27.6 Å². The minimum absolute atomic E-state index is 0.0123. The van der Waals surface area contributed by atoms with Crippen molar-refractivity contribution >= 4 is 23.1 Å². The molecule has 0 aliphatic heterocycles. The van der Waals surface area contributed by atoms with E-state index in [2.05, 4.69) is 5.16 Å². The molecule has 0 fully saturated rings. The summed E-state index contributed by atoms with van der Waals surface area (Å²) in [6, 6.07) is 5.06. The van der Waals surface area contributed by atoms with Crippen molar-refractivity contribution in [3.8, 4) is 0 Å². The SMILES string of the molecule is CN(CCO)c1ccc(C(N)=NO)cc1Cl. The Bertz CT molecular complexity index is 396. The van der Waals surface area contributed by atoms with Gasteiger partial charge >= 0.3 is 0 Å². The van der Waals surface area contributed by atoms with Crippen LogP contribution in [0.25, 0.3) is 0 Å². The average Bonchev–Trinajstić information content (AvgIpc) is 2.28. The Balaban J connectivity index is 3.00. The lowest BCUT2D eigenvalue weighted by molar-refractivity contribution is 0.304. The Morgan fingerprint density at radius 2 is 2.25 bits per heavy atom. The summed E-state index contributed by atoms with van der Waals surface area (Å²) in [4.78, 5) is 1.82. The second-order valence-corrected chi connectivity index (χ2v) is 3.70. The quantitative estimate of drug-likeness (QED) is 0.317. The molecule has 0 amide bonds. The third-order valence-electron chi connectivity index (χ3n) is 2.20. The number of halogens is 1. The molecule has 0 heterocycles. The molecule has 0 saturated carbocycles. The van der Waals surface area contributed by atoms with Crippen molar-refractivity contribution in [3.63, 3.8) is 0 Å². The first kappa shape index (κ1) is 12.6. The molecular formula is C10H14ClN3O2. The molecule has 0 aliphatic rings. The maximum atomic E-state index is 8.81. The number of nitrogens with two attached hydrogens (primary N) is 1. The van der Waals surface area contributed by atoms with E-state index >= 15 is 0 Å². The van der Waals surface area contributed by atoms with Crippen LogP contribution in [0, 0.1) is 0 Å². The van der Waals surface area contributed by atoms with Crippen LogP contribution in [0.2, 0.25) is 5.02 Å². The van der Waals surface area contributed by atoms with Crippen LogP contribution in [0.3, 0.4) is 0 Å². The molecule has 0 aliphatic carbocycles. The van der Waals surface area contributed by atoms with Crippen molar-refractivity contribution in [3.05, 3.63) is 28.8 Å². The van der Waals surface area contributed by atoms with Gasteiger partial charge in [-0.15, -0.1) is 0 Å². The summed E-state index contributed by atoms with van der Waals surface area (Å²) in [6.07, 6.45) is 0. The number of hydrogen-bond donors (Lipinski definition) is 3. The molecule has 0 saturated heterocycles. The number of benzene rings is 1. The number of amidine groups is 1. The zero-order valence-electron chi connectivity index (χ0n) is 8.89. The van der Waals surface area contributed by atoms with Crippen LogP contribution in [0.15, 0.2) is 23.4 Å². The van der Waals surface area contributed by atoms with Crippen molar-refractivity contribution in [1.82, 2.24) is 0 Å². The minimum Gasteiger partial charge on any atom is -0.409 e. The maximum absolute atomic E-state index is 8.81. The van der Waals surface area contributed by atoms with Gasteiger partial charge in [-0.2, -0.15) is 0 Å². The second kappa shape index (κ2) is 5.58. The van der Waals surface area contributed by atoms with Crippen LogP contribution in [0.4, 0.5) is 5.69 Å². The lowest BCUT2D eigenvalue weighted by Crippen LogP contribution is -2.22. The standard InChI is InChI=1S/C10H14ClN3O2/c1-14(4-5-15)9-3-2-7(6-8(9)11)10(12)13-16/h2-3,6,15-16H,4-5H2,1H3,(H2,12,13). The minimum atomic E-state index is 0.0123. The second-order valence-electron chi connectivity index (χ2n) is 3.30. The molecule has 6 heteroatoms. The Labute approximate surface area is 98.7 Å². The highest BCUT2D eigenvalue weighted by molar-refractivity contribution is 6.33. The van der Waals surface area contributed by atoms with Gasteiger partial charge in [0, 0.05) is 19.2 Å². The van der Waals surface area contributed by atoms with Gasteiger partial charge in [-0.1, -0.05) is 16.8 Å². The zero-order chi connectivity index (χ0) is 12.1. The summed E-state index contributed by atoms with van der Waals surface area (Å²) in [6.45, 7) is 0.539. The van der Waals surface area contributed by atoms with Crippen molar-refractivity contribution in [2.24, 2.45) is 10.9 Å². The van der Waals surface area contributed by atoms with Crippen molar-refractivity contribution < 1.29 is 10.3 Å². The molecule has 1 aromatic carbocycles. The fourth-order valence-electron chi connectivity index (χ4n) is 1.30. The predicted octanol–water partition coefficient (Wildman–Crippen LogP) is 0.863. The number of likely N-dealkylation sites (N-methyl/N-ethyl adjacent to an activating group) is 1. The number of aliphatic hydroxyl groups is 1. The van der Waals surface area contributed by atoms with Gasteiger partial charge in [-0.25, -0.2) is 0 Å². The van der Waals surface area contributed by atoms with E-state index in [-0.39, 0.29) is 12.4 Å². The van der Waals surface area contributed by atoms with E-state index in [1.807, 2.05) is 11.9 Å². The summed E-state index contributed by atoms with van der Waals surface area (Å²) in [7, 11) is 1.82. The molecule has 0 unspecified atom stereocenters. The van der Waals surface area contributed by atoms with Crippen LogP contribution in [-0.2, 0) is 0 Å². The fraction of sp³-hybridized carbons (Fsp3) is 0.300. The lowest BCUT2D eigenvalue weighted by Gasteiger charge is -2.19. The smallest absolute Gasteiger partial charge is 0.170 e. The molecule has 1 rings (SSSR count). The Morgan fingerprint density at radius 3 is 2.75 bits per heavy atom. The summed E-state index contributed by atoms with van der Waals surface area (Å²) < 4.78 is 0. The predicted molar refractivity (Wildman–Crippen MR) is 64.3 cm³/mol. The zero-order valence-corrected chi connectivity index (χ0v) is 9.65. The Kier molecular flexibility index (Phi) is 4.39. The van der Waals surface area contributed by atoms with Crippen LogP contribution in [-0.4, -0.2) is 36.3 Å². The first-order chi connectivity index (χ1) is 7.60. The van der Waals surface area contributed by atoms with Gasteiger partial charge in [0.25, 0.3) is 0 Å². The van der Waals surface area contributed by atoms with Gasteiger partial charge in [0.1, 0.15) is 0 Å². The fourth-order valence-corrected chi connectivity index (χ4v) is 1.63. The molecule has 0 spiro atoms. The van der Waals surface area contributed by atoms with Crippen LogP contribution < -0.4 is 10.6 Å². The van der Waals surface area contributed by atoms with Gasteiger partial charge in [-0.3, -0.25) is 0 Å². The molecule has 0 bridgehead atoms. The van der Waals surface area contributed by atoms with E-state index < -0.39 is 0 Å². The van der Waals surface area contributed by atoms with E-state index in [1.165, 1.54) is 0 Å². The van der Waals surface area contributed by atoms with Gasteiger partial charge in [0.15, 0.2) is 5.84 Å². The Morgan fingerprint density at radius 1 is 1.56 bits per heavy atom. The molecule has 4 N–H and O–H groups in total. The molecule has 0 aromatic heterocycles. The molecule has 0 radical (unpaired) electrons. The van der Waals surface area contributed by atoms with Crippen LogP contribution >= 0.6 is 11.6 Å². The van der Waals surface area contributed by atoms with Crippen LogP contribution in [0.1, 0.15) is 5.56 Å². The third kappa shape index (κ3) is 2.77. The molecule has 1 aromatic rings. The highest BCUT2D eigenvalue weighted by Gasteiger charge is 2.08. The monoisotopic (exact) mass is 243 g/mol. The van der Waals surface area contributed by atoms with E-state index in [0.29, 0.717) is 17.1 Å². The first-order valence-electron chi connectivity index (χ1n) is 4.69. The number of oxime groups is 1. The van der Waals surface area contributed by atoms with Crippen molar-refractivity contribution in [2.45, 2.75) is 0 Å². The van der Waals surface area contributed by atoms with Gasteiger partial charge in [0.2, 0.25) is 0 Å². The number of aliphatic hydroxyl groups excluding tert-OH is 1. The third-order valence-corrected chi connectivity index (χ3v) is 2.50. The van der Waals surface area contributed by atoms with Gasteiger partial charge in [-0.05, 0) is 18.2 Å². The van der Waals surface area contributed by atoms with E-state index in [0.717, 1.165) is 5.69 Å². The molecule has 0 atom stereocenters. The van der Waals surface area contributed by atoms with E-state index in [1.54, 1.807) is 18.2 Å². The molecular weight excluding hydrogens is 230 g/mol.